The molecule has 2 aromatic heterocycles. The fraction of sp³-hybridized carbons (Fsp3) is 0.737. The number of aliphatic hydroxyl groups excluding tert-OH is 1. The number of anilines is 1. The number of nitrogens with one attached hydrogen (secondary N) is 2. The zero-order valence-electron chi connectivity index (χ0n) is 16.1. The number of imidazole rings is 1. The van der Waals surface area contributed by atoms with Crippen molar-refractivity contribution >= 4 is 17.0 Å². The van der Waals surface area contributed by atoms with Gasteiger partial charge in [0.1, 0.15) is 11.3 Å². The third-order valence-electron chi connectivity index (χ3n) is 6.34. The average molecular weight is 375 g/mol. The van der Waals surface area contributed by atoms with Gasteiger partial charge in [0.25, 0.3) is 0 Å². The van der Waals surface area contributed by atoms with E-state index in [1.807, 2.05) is 6.92 Å². The summed E-state index contributed by atoms with van der Waals surface area (Å²) in [5.74, 6) is 1.35. The molecule has 3 saturated carbocycles. The summed E-state index contributed by atoms with van der Waals surface area (Å²) in [4.78, 5) is 25.1. The number of rotatable bonds is 6. The van der Waals surface area contributed by atoms with Gasteiger partial charge in [-0.05, 0) is 51.9 Å². The topological polar surface area (TPSA) is 116 Å². The standard InChI is InChI=1S/C19H29N5O3/c1-3-10-24-15-13(14(22-17(24)26)20-11-12(2)25)21-16(23-15)18-4-7-19(27,8-5-18)9-6-18/h12,25,27H,3-11H2,1-2H3,(H,21,23)(H,20,22,26)/t12-,18?,19?/m0/s1. The molecule has 148 valence electrons. The van der Waals surface area contributed by atoms with Crippen LogP contribution >= 0.6 is 0 Å². The van der Waals surface area contributed by atoms with Crippen molar-refractivity contribution in [2.45, 2.75) is 82.5 Å². The van der Waals surface area contributed by atoms with E-state index in [1.54, 1.807) is 11.5 Å². The van der Waals surface area contributed by atoms with Crippen LogP contribution in [-0.4, -0.2) is 48.0 Å². The van der Waals surface area contributed by atoms with Crippen LogP contribution < -0.4 is 11.0 Å². The molecule has 1 atom stereocenters. The monoisotopic (exact) mass is 375 g/mol. The summed E-state index contributed by atoms with van der Waals surface area (Å²) in [6.07, 6.45) is 5.40. The van der Waals surface area contributed by atoms with E-state index in [-0.39, 0.29) is 11.1 Å². The second-order valence-electron chi connectivity index (χ2n) is 8.41. The van der Waals surface area contributed by atoms with E-state index >= 15 is 0 Å². The number of nitrogens with zero attached hydrogens (tertiary/aromatic N) is 3. The molecule has 8 heteroatoms. The molecule has 0 aromatic carbocycles. The predicted octanol–water partition coefficient (Wildman–Crippen LogP) is 1.66. The Hall–Kier alpha value is -1.93. The maximum Gasteiger partial charge on any atom is 0.351 e. The second-order valence-corrected chi connectivity index (χ2v) is 8.41. The van der Waals surface area contributed by atoms with Gasteiger partial charge in [0, 0.05) is 18.5 Å². The molecule has 0 amide bonds. The number of hydrogen-bond acceptors (Lipinski definition) is 6. The Balaban J connectivity index is 1.80. The van der Waals surface area contributed by atoms with E-state index in [2.05, 4.69) is 15.3 Å². The lowest BCUT2D eigenvalue weighted by atomic mass is 9.58. The van der Waals surface area contributed by atoms with Crippen molar-refractivity contribution in [1.82, 2.24) is 19.5 Å². The third-order valence-corrected chi connectivity index (χ3v) is 6.34. The van der Waals surface area contributed by atoms with Gasteiger partial charge in [-0.1, -0.05) is 6.92 Å². The molecule has 3 aliphatic rings. The largest absolute Gasteiger partial charge is 0.392 e. The van der Waals surface area contributed by atoms with Gasteiger partial charge in [-0.3, -0.25) is 4.57 Å². The Morgan fingerprint density at radius 2 is 1.89 bits per heavy atom. The zero-order chi connectivity index (χ0) is 19.2. The fourth-order valence-electron chi connectivity index (χ4n) is 4.60. The molecule has 27 heavy (non-hydrogen) atoms. The fourth-order valence-corrected chi connectivity index (χ4v) is 4.60. The lowest BCUT2D eigenvalue weighted by Crippen LogP contribution is -2.48. The van der Waals surface area contributed by atoms with Crippen LogP contribution in [0.4, 0.5) is 5.82 Å². The van der Waals surface area contributed by atoms with Crippen LogP contribution in [-0.2, 0) is 12.0 Å². The minimum absolute atomic E-state index is 0.0574. The van der Waals surface area contributed by atoms with Crippen LogP contribution in [0.2, 0.25) is 0 Å². The van der Waals surface area contributed by atoms with Crippen molar-refractivity contribution in [3.63, 3.8) is 0 Å². The summed E-state index contributed by atoms with van der Waals surface area (Å²) in [6, 6.07) is 0. The van der Waals surface area contributed by atoms with Gasteiger partial charge in [-0.25, -0.2) is 9.78 Å². The van der Waals surface area contributed by atoms with Crippen molar-refractivity contribution in [2.75, 3.05) is 11.9 Å². The first kappa shape index (κ1) is 18.4. The highest BCUT2D eigenvalue weighted by molar-refractivity contribution is 5.83. The molecule has 0 saturated heterocycles. The zero-order valence-corrected chi connectivity index (χ0v) is 16.1. The summed E-state index contributed by atoms with van der Waals surface area (Å²) in [5, 5.41) is 23.2. The van der Waals surface area contributed by atoms with Crippen molar-refractivity contribution < 1.29 is 10.2 Å². The highest BCUT2D eigenvalue weighted by Gasteiger charge is 2.50. The van der Waals surface area contributed by atoms with Gasteiger partial charge < -0.3 is 20.5 Å². The van der Waals surface area contributed by atoms with Crippen LogP contribution in [0.3, 0.4) is 0 Å². The molecule has 4 N–H and O–H groups in total. The number of fused-ring (bicyclic) bond motifs is 4. The maximum atomic E-state index is 12.5. The summed E-state index contributed by atoms with van der Waals surface area (Å²) in [6.45, 7) is 4.58. The smallest absolute Gasteiger partial charge is 0.351 e. The molecule has 5 rings (SSSR count). The Labute approximate surface area is 158 Å². The van der Waals surface area contributed by atoms with Crippen molar-refractivity contribution in [1.29, 1.82) is 0 Å². The van der Waals surface area contributed by atoms with E-state index in [0.29, 0.717) is 24.6 Å². The average Bonchev–Trinajstić information content (AvgIpc) is 3.09. The van der Waals surface area contributed by atoms with Crippen molar-refractivity contribution in [3.05, 3.63) is 16.3 Å². The minimum atomic E-state index is -0.546. The quantitative estimate of drug-likeness (QED) is 0.610. The van der Waals surface area contributed by atoms with Gasteiger partial charge in [0.05, 0.1) is 11.7 Å². The molecule has 2 heterocycles. The van der Waals surface area contributed by atoms with Crippen LogP contribution in [0.15, 0.2) is 4.79 Å². The molecule has 8 nitrogen and oxygen atoms in total. The SMILES string of the molecule is CCCn1c(=O)nc(NC[C@H](C)O)c2[nH]c(C34CCC(O)(CC3)CC4)nc21. The number of hydrogen-bond donors (Lipinski definition) is 4. The number of H-pyrrole nitrogens is 1. The summed E-state index contributed by atoms with van der Waals surface area (Å²) in [5.41, 5.74) is 0.469. The van der Waals surface area contributed by atoms with Crippen LogP contribution in [0.25, 0.3) is 11.2 Å². The van der Waals surface area contributed by atoms with Gasteiger partial charge in [-0.15, -0.1) is 0 Å². The highest BCUT2D eigenvalue weighted by atomic mass is 16.3. The maximum absolute atomic E-state index is 12.5. The minimum Gasteiger partial charge on any atom is -0.392 e. The van der Waals surface area contributed by atoms with Gasteiger partial charge in [0.2, 0.25) is 0 Å². The molecule has 3 fully saturated rings. The number of aromatic amines is 1. The second kappa shape index (κ2) is 6.60. The molecular weight excluding hydrogens is 346 g/mol. The van der Waals surface area contributed by atoms with Crippen LogP contribution in [0.1, 0.15) is 64.6 Å². The number of aromatic nitrogens is 4. The molecule has 0 radical (unpaired) electrons. The van der Waals surface area contributed by atoms with Crippen LogP contribution in [0.5, 0.6) is 0 Å². The van der Waals surface area contributed by atoms with Crippen LogP contribution in [0, 0.1) is 0 Å². The summed E-state index contributed by atoms with van der Waals surface area (Å²) in [7, 11) is 0. The van der Waals surface area contributed by atoms with Gasteiger partial charge in [-0.2, -0.15) is 4.98 Å². The number of aliphatic hydroxyl groups is 2. The molecule has 2 bridgehead atoms. The first-order valence-corrected chi connectivity index (χ1v) is 10.0. The molecule has 2 aromatic rings. The van der Waals surface area contributed by atoms with Gasteiger partial charge >= 0.3 is 5.69 Å². The first-order chi connectivity index (χ1) is 12.9. The molecular formula is C19H29N5O3. The number of aryl methyl sites for hydroxylation is 1. The Bertz CT molecular complexity index is 876. The Kier molecular flexibility index (Phi) is 4.50. The molecule has 3 aliphatic carbocycles. The van der Waals surface area contributed by atoms with E-state index < -0.39 is 11.7 Å². The predicted molar refractivity (Wildman–Crippen MR) is 103 cm³/mol. The molecule has 0 spiro atoms. The Morgan fingerprint density at radius 1 is 1.22 bits per heavy atom. The lowest BCUT2D eigenvalue weighted by Gasteiger charge is -2.49. The van der Waals surface area contributed by atoms with E-state index in [4.69, 9.17) is 4.98 Å². The van der Waals surface area contributed by atoms with E-state index in [0.717, 1.165) is 56.3 Å². The lowest BCUT2D eigenvalue weighted by molar-refractivity contribution is -0.0677. The highest BCUT2D eigenvalue weighted by Crippen LogP contribution is 2.53. The normalized spacial score (nSPS) is 28.6. The van der Waals surface area contributed by atoms with E-state index in [1.165, 1.54) is 0 Å². The summed E-state index contributed by atoms with van der Waals surface area (Å²) < 4.78 is 1.63. The Morgan fingerprint density at radius 3 is 2.48 bits per heavy atom. The third kappa shape index (κ3) is 3.14. The first-order valence-electron chi connectivity index (χ1n) is 10.0. The van der Waals surface area contributed by atoms with Gasteiger partial charge in [0.15, 0.2) is 11.5 Å². The molecule has 0 aliphatic heterocycles. The van der Waals surface area contributed by atoms with Crippen molar-refractivity contribution in [3.8, 4) is 0 Å². The summed E-state index contributed by atoms with van der Waals surface area (Å²) >= 11 is 0. The van der Waals surface area contributed by atoms with E-state index in [9.17, 15) is 15.0 Å². The molecule has 0 unspecified atom stereocenters. The van der Waals surface area contributed by atoms with Crippen molar-refractivity contribution in [2.24, 2.45) is 0 Å².